The van der Waals surface area contributed by atoms with Gasteiger partial charge < -0.3 is 14.6 Å². The van der Waals surface area contributed by atoms with Crippen molar-refractivity contribution in [2.45, 2.75) is 39.8 Å². The van der Waals surface area contributed by atoms with Gasteiger partial charge in [0, 0.05) is 17.6 Å². The lowest BCUT2D eigenvalue weighted by Gasteiger charge is -2.20. The molecule has 0 saturated heterocycles. The highest BCUT2D eigenvalue weighted by Crippen LogP contribution is 2.25. The molecule has 4 heteroatoms. The van der Waals surface area contributed by atoms with Gasteiger partial charge in [0.1, 0.15) is 11.5 Å². The summed E-state index contributed by atoms with van der Waals surface area (Å²) in [4.78, 5) is 0. The molecule has 1 aromatic heterocycles. The fourth-order valence-corrected chi connectivity index (χ4v) is 2.57. The van der Waals surface area contributed by atoms with E-state index in [1.54, 1.807) is 7.11 Å². The molecule has 2 rings (SSSR count). The van der Waals surface area contributed by atoms with Crippen LogP contribution in [-0.4, -0.2) is 12.3 Å². The quantitative estimate of drug-likeness (QED) is 0.903. The van der Waals surface area contributed by atoms with Crippen molar-refractivity contribution < 1.29 is 9.26 Å². The Morgan fingerprint density at radius 2 is 1.95 bits per heavy atom. The number of hydrogen-bond acceptors (Lipinski definition) is 4. The zero-order chi connectivity index (χ0) is 14.7. The molecule has 0 aliphatic heterocycles. The van der Waals surface area contributed by atoms with Crippen LogP contribution in [0.1, 0.15) is 48.5 Å². The van der Waals surface area contributed by atoms with E-state index >= 15 is 0 Å². The second-order valence-electron chi connectivity index (χ2n) is 5.12. The number of aryl methyl sites for hydroxylation is 2. The summed E-state index contributed by atoms with van der Waals surface area (Å²) in [5.74, 6) is 1.75. The molecule has 2 aromatic rings. The van der Waals surface area contributed by atoms with Crippen molar-refractivity contribution in [2.75, 3.05) is 7.11 Å². The fourth-order valence-electron chi connectivity index (χ4n) is 2.57. The molecule has 0 aliphatic carbocycles. The first kappa shape index (κ1) is 14.6. The minimum Gasteiger partial charge on any atom is -0.497 e. The predicted octanol–water partition coefficient (Wildman–Crippen LogP) is 3.71. The summed E-state index contributed by atoms with van der Waals surface area (Å²) in [6.07, 6.45) is 0. The molecule has 0 spiro atoms. The largest absolute Gasteiger partial charge is 0.497 e. The number of aromatic nitrogens is 1. The normalized spacial score (nSPS) is 14.1. The summed E-state index contributed by atoms with van der Waals surface area (Å²) in [5, 5.41) is 7.59. The summed E-state index contributed by atoms with van der Waals surface area (Å²) in [7, 11) is 1.68. The molecular weight excluding hydrogens is 252 g/mol. The molecule has 0 saturated carbocycles. The van der Waals surface area contributed by atoms with Crippen LogP contribution in [0.3, 0.4) is 0 Å². The lowest BCUT2D eigenvalue weighted by Crippen LogP contribution is -2.23. The maximum Gasteiger partial charge on any atom is 0.138 e. The van der Waals surface area contributed by atoms with E-state index in [1.807, 2.05) is 26.0 Å². The Hall–Kier alpha value is -1.81. The molecule has 2 atom stereocenters. The van der Waals surface area contributed by atoms with E-state index in [0.29, 0.717) is 0 Å². The van der Waals surface area contributed by atoms with Gasteiger partial charge in [0.2, 0.25) is 0 Å². The minimum absolute atomic E-state index is 0.183. The van der Waals surface area contributed by atoms with E-state index in [4.69, 9.17) is 9.26 Å². The summed E-state index contributed by atoms with van der Waals surface area (Å²) in [6, 6.07) is 8.51. The smallest absolute Gasteiger partial charge is 0.138 e. The molecule has 20 heavy (non-hydrogen) atoms. The molecule has 2 unspecified atom stereocenters. The molecule has 0 radical (unpaired) electrons. The van der Waals surface area contributed by atoms with E-state index in [1.165, 1.54) is 5.56 Å². The third kappa shape index (κ3) is 3.02. The molecule has 108 valence electrons. The number of hydrogen-bond donors (Lipinski definition) is 1. The van der Waals surface area contributed by atoms with Gasteiger partial charge in [-0.2, -0.15) is 0 Å². The van der Waals surface area contributed by atoms with Crippen molar-refractivity contribution in [3.05, 3.63) is 46.8 Å². The molecule has 0 amide bonds. The number of methoxy groups -OCH3 is 1. The second-order valence-corrected chi connectivity index (χ2v) is 5.12. The first-order valence-corrected chi connectivity index (χ1v) is 6.85. The van der Waals surface area contributed by atoms with E-state index in [2.05, 4.69) is 36.5 Å². The van der Waals surface area contributed by atoms with Crippen LogP contribution in [0.25, 0.3) is 0 Å². The highest BCUT2D eigenvalue weighted by molar-refractivity contribution is 5.31. The second kappa shape index (κ2) is 6.09. The molecule has 0 fully saturated rings. The van der Waals surface area contributed by atoms with Crippen molar-refractivity contribution in [1.29, 1.82) is 0 Å². The van der Waals surface area contributed by atoms with Crippen molar-refractivity contribution in [3.63, 3.8) is 0 Å². The van der Waals surface area contributed by atoms with Gasteiger partial charge in [0.05, 0.1) is 12.8 Å². The van der Waals surface area contributed by atoms with Crippen LogP contribution in [0.5, 0.6) is 5.75 Å². The van der Waals surface area contributed by atoms with Gasteiger partial charge in [0.15, 0.2) is 0 Å². The average molecular weight is 274 g/mol. The van der Waals surface area contributed by atoms with Gasteiger partial charge in [-0.3, -0.25) is 0 Å². The number of ether oxygens (including phenoxy) is 1. The fraction of sp³-hybridized carbons (Fsp3) is 0.438. The zero-order valence-corrected chi connectivity index (χ0v) is 12.7. The first-order valence-electron chi connectivity index (χ1n) is 6.85. The monoisotopic (exact) mass is 274 g/mol. The predicted molar refractivity (Wildman–Crippen MR) is 78.9 cm³/mol. The van der Waals surface area contributed by atoms with Crippen molar-refractivity contribution in [3.8, 4) is 5.75 Å². The van der Waals surface area contributed by atoms with Gasteiger partial charge in [0.25, 0.3) is 0 Å². The van der Waals surface area contributed by atoms with E-state index < -0.39 is 0 Å². The third-order valence-electron chi connectivity index (χ3n) is 3.62. The van der Waals surface area contributed by atoms with Gasteiger partial charge >= 0.3 is 0 Å². The molecule has 1 heterocycles. The lowest BCUT2D eigenvalue weighted by atomic mass is 10.0. The topological polar surface area (TPSA) is 47.3 Å². The Morgan fingerprint density at radius 3 is 2.55 bits per heavy atom. The molecule has 1 N–H and O–H groups in total. The van der Waals surface area contributed by atoms with Crippen LogP contribution >= 0.6 is 0 Å². The van der Waals surface area contributed by atoms with Crippen molar-refractivity contribution in [2.24, 2.45) is 0 Å². The van der Waals surface area contributed by atoms with Gasteiger partial charge in [-0.15, -0.1) is 0 Å². The summed E-state index contributed by atoms with van der Waals surface area (Å²) < 4.78 is 10.5. The Kier molecular flexibility index (Phi) is 4.45. The summed E-state index contributed by atoms with van der Waals surface area (Å²) >= 11 is 0. The van der Waals surface area contributed by atoms with Crippen LogP contribution in [0.2, 0.25) is 0 Å². The summed E-state index contributed by atoms with van der Waals surface area (Å²) in [5.41, 5.74) is 3.28. The van der Waals surface area contributed by atoms with Crippen molar-refractivity contribution in [1.82, 2.24) is 10.5 Å². The SMILES string of the molecule is COc1cccc(C(C)NC(C)c2c(C)noc2C)c1. The Morgan fingerprint density at radius 1 is 1.20 bits per heavy atom. The first-order chi connectivity index (χ1) is 9.52. The van der Waals surface area contributed by atoms with Gasteiger partial charge in [-0.1, -0.05) is 17.3 Å². The number of nitrogens with one attached hydrogen (secondary N) is 1. The average Bonchev–Trinajstić information content (AvgIpc) is 2.78. The maximum absolute atomic E-state index is 5.27. The highest BCUT2D eigenvalue weighted by Gasteiger charge is 2.18. The van der Waals surface area contributed by atoms with Crippen LogP contribution in [-0.2, 0) is 0 Å². The van der Waals surface area contributed by atoms with Crippen LogP contribution in [0.15, 0.2) is 28.8 Å². The highest BCUT2D eigenvalue weighted by atomic mass is 16.5. The molecule has 0 bridgehead atoms. The van der Waals surface area contributed by atoms with Gasteiger partial charge in [-0.05, 0) is 45.4 Å². The lowest BCUT2D eigenvalue weighted by molar-refractivity contribution is 0.389. The van der Waals surface area contributed by atoms with Crippen LogP contribution in [0, 0.1) is 13.8 Å². The van der Waals surface area contributed by atoms with E-state index in [-0.39, 0.29) is 12.1 Å². The maximum atomic E-state index is 5.27. The van der Waals surface area contributed by atoms with Crippen LogP contribution in [0.4, 0.5) is 0 Å². The number of benzene rings is 1. The standard InChI is InChI=1S/C16H22N2O2/c1-10(14-7-6-8-15(9-14)19-5)17-11(2)16-12(3)18-20-13(16)4/h6-11,17H,1-5H3. The van der Waals surface area contributed by atoms with Crippen molar-refractivity contribution >= 4 is 0 Å². The van der Waals surface area contributed by atoms with E-state index in [9.17, 15) is 0 Å². The molecule has 1 aromatic carbocycles. The molecular formula is C16H22N2O2. The molecule has 0 aliphatic rings. The number of nitrogens with zero attached hydrogens (tertiary/aromatic N) is 1. The zero-order valence-electron chi connectivity index (χ0n) is 12.7. The summed E-state index contributed by atoms with van der Waals surface area (Å²) in [6.45, 7) is 8.19. The van der Waals surface area contributed by atoms with E-state index in [0.717, 1.165) is 22.8 Å². The Bertz CT molecular complexity index is 558. The third-order valence-corrected chi connectivity index (χ3v) is 3.62. The number of rotatable bonds is 5. The Balaban J connectivity index is 2.13. The Labute approximate surface area is 120 Å². The minimum atomic E-state index is 0.183. The molecule has 4 nitrogen and oxygen atoms in total. The van der Waals surface area contributed by atoms with Crippen LogP contribution < -0.4 is 10.1 Å². The van der Waals surface area contributed by atoms with Gasteiger partial charge in [-0.25, -0.2) is 0 Å².